The number of rotatable bonds is 17. The molecule has 0 saturated carbocycles. The van der Waals surface area contributed by atoms with Crippen molar-refractivity contribution < 1.29 is 10.2 Å². The zero-order valence-electron chi connectivity index (χ0n) is 20.4. The van der Waals surface area contributed by atoms with Gasteiger partial charge >= 0.3 is 0 Å². The van der Waals surface area contributed by atoms with Gasteiger partial charge in [-0.2, -0.15) is 0 Å². The molecule has 1 aromatic carbocycles. The summed E-state index contributed by atoms with van der Waals surface area (Å²) >= 11 is 5.97. The van der Waals surface area contributed by atoms with E-state index >= 15 is 0 Å². The van der Waals surface area contributed by atoms with Crippen molar-refractivity contribution in [3.63, 3.8) is 0 Å². The molecular formula is C28H43ClN2O2. The highest BCUT2D eigenvalue weighted by molar-refractivity contribution is 6.33. The van der Waals surface area contributed by atoms with Crippen molar-refractivity contribution in [2.45, 2.75) is 103 Å². The van der Waals surface area contributed by atoms with Gasteiger partial charge in [-0.15, -0.1) is 0 Å². The number of halogens is 1. The summed E-state index contributed by atoms with van der Waals surface area (Å²) in [5.74, 6) is 0.0354. The quantitative estimate of drug-likeness (QED) is 0.122. The summed E-state index contributed by atoms with van der Waals surface area (Å²) in [6, 6.07) is 6.62. The number of aromatic hydroxyl groups is 2. The van der Waals surface area contributed by atoms with Gasteiger partial charge in [-0.05, 0) is 43.9 Å². The molecule has 0 unspecified atom stereocenters. The van der Waals surface area contributed by atoms with Crippen molar-refractivity contribution in [1.82, 2.24) is 4.57 Å². The molecule has 0 radical (unpaired) electrons. The summed E-state index contributed by atoms with van der Waals surface area (Å²) < 4.78 is 1.39. The molecule has 0 atom stereocenters. The van der Waals surface area contributed by atoms with Gasteiger partial charge in [-0.1, -0.05) is 101 Å². The summed E-state index contributed by atoms with van der Waals surface area (Å²) in [4.78, 5) is 0. The summed E-state index contributed by atoms with van der Waals surface area (Å²) in [5.41, 5.74) is 7.56. The van der Waals surface area contributed by atoms with Crippen LogP contribution < -0.4 is 5.73 Å². The molecule has 0 aliphatic heterocycles. The van der Waals surface area contributed by atoms with Gasteiger partial charge in [0.15, 0.2) is 5.88 Å². The molecule has 0 bridgehead atoms. The van der Waals surface area contributed by atoms with Crippen molar-refractivity contribution >= 4 is 17.3 Å². The highest BCUT2D eigenvalue weighted by Crippen LogP contribution is 2.34. The van der Waals surface area contributed by atoms with E-state index in [4.69, 9.17) is 17.3 Å². The molecule has 1 aromatic heterocycles. The minimum Gasteiger partial charge on any atom is -0.494 e. The summed E-state index contributed by atoms with van der Waals surface area (Å²) in [5, 5.41) is 21.3. The molecule has 5 heteroatoms. The standard InChI is InChI=1S/C28H43ClN2O2/c1-2-3-4-5-6-7-8-9-10-11-12-13-14-15-16-17-18-23-21-27(32)31(28(23)33)24-19-20-25(29)26(30)22-24/h15-16,19-22,32-33H,2-14,17-18,30H2,1H3. The van der Waals surface area contributed by atoms with Gasteiger partial charge in [-0.3, -0.25) is 4.57 Å². The van der Waals surface area contributed by atoms with E-state index in [1.165, 1.54) is 81.6 Å². The minimum absolute atomic E-state index is 0.00954. The Balaban J connectivity index is 1.57. The van der Waals surface area contributed by atoms with Gasteiger partial charge in [0.05, 0.1) is 16.4 Å². The van der Waals surface area contributed by atoms with Crippen molar-refractivity contribution in [2.75, 3.05) is 5.73 Å². The lowest BCUT2D eigenvalue weighted by Crippen LogP contribution is -1.96. The molecule has 0 fully saturated rings. The maximum atomic E-state index is 10.6. The maximum Gasteiger partial charge on any atom is 0.201 e. The van der Waals surface area contributed by atoms with E-state index in [0.29, 0.717) is 22.8 Å². The molecule has 0 saturated heterocycles. The van der Waals surface area contributed by atoms with Crippen LogP contribution in [0.1, 0.15) is 102 Å². The molecular weight excluding hydrogens is 432 g/mol. The zero-order valence-corrected chi connectivity index (χ0v) is 21.1. The number of aromatic nitrogens is 1. The highest BCUT2D eigenvalue weighted by Gasteiger charge is 2.15. The van der Waals surface area contributed by atoms with Crippen LogP contribution in [0, 0.1) is 0 Å². The molecule has 2 rings (SSSR count). The Labute approximate surface area is 205 Å². The van der Waals surface area contributed by atoms with Crippen molar-refractivity contribution in [3.05, 3.63) is 47.0 Å². The fourth-order valence-electron chi connectivity index (χ4n) is 4.22. The van der Waals surface area contributed by atoms with Crippen LogP contribution in [0.25, 0.3) is 5.69 Å². The topological polar surface area (TPSA) is 71.4 Å². The fourth-order valence-corrected chi connectivity index (χ4v) is 4.34. The molecule has 0 amide bonds. The van der Waals surface area contributed by atoms with E-state index < -0.39 is 0 Å². The summed E-state index contributed by atoms with van der Waals surface area (Å²) in [6.45, 7) is 2.27. The summed E-state index contributed by atoms with van der Waals surface area (Å²) in [6.07, 6.45) is 23.5. The van der Waals surface area contributed by atoms with E-state index in [-0.39, 0.29) is 11.8 Å². The number of anilines is 1. The van der Waals surface area contributed by atoms with Crippen LogP contribution >= 0.6 is 11.6 Å². The van der Waals surface area contributed by atoms with Gasteiger partial charge in [0.25, 0.3) is 0 Å². The second-order valence-corrected chi connectivity index (χ2v) is 9.49. The smallest absolute Gasteiger partial charge is 0.201 e. The van der Waals surface area contributed by atoms with Crippen LogP contribution in [0.5, 0.6) is 11.8 Å². The first-order chi connectivity index (χ1) is 16.0. The molecule has 2 aromatic rings. The third-order valence-corrected chi connectivity index (χ3v) is 6.58. The van der Waals surface area contributed by atoms with E-state index in [1.54, 1.807) is 24.3 Å². The first-order valence-electron chi connectivity index (χ1n) is 12.9. The van der Waals surface area contributed by atoms with E-state index in [0.717, 1.165) is 18.4 Å². The Hall–Kier alpha value is -2.07. The number of hydrogen-bond donors (Lipinski definition) is 3. The lowest BCUT2D eigenvalue weighted by molar-refractivity contribution is 0.400. The number of aryl methyl sites for hydroxylation is 1. The average molecular weight is 475 g/mol. The van der Waals surface area contributed by atoms with E-state index in [9.17, 15) is 10.2 Å². The Morgan fingerprint density at radius 3 is 2.00 bits per heavy atom. The fraction of sp³-hybridized carbons (Fsp3) is 0.571. The lowest BCUT2D eigenvalue weighted by Gasteiger charge is -2.09. The van der Waals surface area contributed by atoms with Crippen LogP contribution in [0.4, 0.5) is 5.69 Å². The lowest BCUT2D eigenvalue weighted by atomic mass is 10.0. The monoisotopic (exact) mass is 474 g/mol. The van der Waals surface area contributed by atoms with Gasteiger partial charge in [0, 0.05) is 11.6 Å². The van der Waals surface area contributed by atoms with Gasteiger partial charge in [0.2, 0.25) is 5.88 Å². The van der Waals surface area contributed by atoms with Crippen LogP contribution in [0.15, 0.2) is 36.4 Å². The van der Waals surface area contributed by atoms with Gasteiger partial charge in [-0.25, -0.2) is 0 Å². The molecule has 0 aliphatic carbocycles. The predicted octanol–water partition coefficient (Wildman–Crippen LogP) is 8.70. The second kappa shape index (κ2) is 15.7. The molecule has 1 heterocycles. The Morgan fingerprint density at radius 2 is 1.39 bits per heavy atom. The first kappa shape index (κ1) is 27.2. The first-order valence-corrected chi connectivity index (χ1v) is 13.2. The summed E-state index contributed by atoms with van der Waals surface area (Å²) in [7, 11) is 0. The Morgan fingerprint density at radius 1 is 0.818 bits per heavy atom. The molecule has 33 heavy (non-hydrogen) atoms. The number of unbranched alkanes of at least 4 members (excludes halogenated alkanes) is 12. The van der Waals surface area contributed by atoms with Crippen LogP contribution in [-0.2, 0) is 6.42 Å². The number of benzene rings is 1. The second-order valence-electron chi connectivity index (χ2n) is 9.08. The molecule has 184 valence electrons. The van der Waals surface area contributed by atoms with E-state index in [1.807, 2.05) is 0 Å². The average Bonchev–Trinajstić information content (AvgIpc) is 3.08. The molecule has 4 nitrogen and oxygen atoms in total. The zero-order chi connectivity index (χ0) is 23.9. The van der Waals surface area contributed by atoms with Crippen LogP contribution in [-0.4, -0.2) is 14.8 Å². The highest BCUT2D eigenvalue weighted by atomic mass is 35.5. The third kappa shape index (κ3) is 9.75. The van der Waals surface area contributed by atoms with Crippen molar-refractivity contribution in [1.29, 1.82) is 0 Å². The predicted molar refractivity (Wildman–Crippen MR) is 142 cm³/mol. The number of allylic oxidation sites excluding steroid dienone is 2. The third-order valence-electron chi connectivity index (χ3n) is 6.24. The number of nitrogens with two attached hydrogens (primary N) is 1. The van der Waals surface area contributed by atoms with E-state index in [2.05, 4.69) is 19.1 Å². The normalized spacial score (nSPS) is 11.6. The number of hydrogen-bond acceptors (Lipinski definition) is 3. The maximum absolute atomic E-state index is 10.6. The Bertz CT molecular complexity index is 845. The van der Waals surface area contributed by atoms with Gasteiger partial charge in [0.1, 0.15) is 0 Å². The van der Waals surface area contributed by atoms with Crippen LogP contribution in [0.3, 0.4) is 0 Å². The molecule has 4 N–H and O–H groups in total. The Kier molecular flexibility index (Phi) is 12.9. The van der Waals surface area contributed by atoms with Crippen LogP contribution in [0.2, 0.25) is 5.02 Å². The number of nitrogens with zero attached hydrogens (tertiary/aromatic N) is 1. The van der Waals surface area contributed by atoms with Gasteiger partial charge < -0.3 is 15.9 Å². The molecule has 0 aliphatic rings. The van der Waals surface area contributed by atoms with Crippen molar-refractivity contribution in [3.8, 4) is 17.4 Å². The number of nitrogen functional groups attached to an aromatic ring is 1. The van der Waals surface area contributed by atoms with Crippen molar-refractivity contribution in [2.24, 2.45) is 0 Å². The minimum atomic E-state index is -0.00954. The largest absolute Gasteiger partial charge is 0.494 e. The molecule has 0 spiro atoms. The SMILES string of the molecule is CCCCCCCCCCCCCCC=CCCc1cc(O)n(-c2ccc(Cl)c(N)c2)c1O.